The Bertz CT molecular complexity index is 1030. The van der Waals surface area contributed by atoms with E-state index in [9.17, 15) is 9.59 Å². The first-order chi connectivity index (χ1) is 16.2. The van der Waals surface area contributed by atoms with Crippen molar-refractivity contribution in [1.82, 2.24) is 19.4 Å². The van der Waals surface area contributed by atoms with Crippen LogP contribution in [0.2, 0.25) is 5.15 Å². The molecule has 0 aliphatic carbocycles. The van der Waals surface area contributed by atoms with E-state index in [0.29, 0.717) is 43.1 Å². The molecule has 3 heterocycles. The molecule has 2 amide bonds. The van der Waals surface area contributed by atoms with Crippen LogP contribution in [0.25, 0.3) is 11.3 Å². The molecule has 0 spiro atoms. The molecule has 2 aromatic rings. The highest BCUT2D eigenvalue weighted by Crippen LogP contribution is 2.34. The van der Waals surface area contributed by atoms with Gasteiger partial charge in [-0.15, -0.1) is 0 Å². The maximum absolute atomic E-state index is 12.9. The molecule has 4 rings (SSSR count). The van der Waals surface area contributed by atoms with Gasteiger partial charge in [0.2, 0.25) is 5.82 Å². The number of piperidine rings is 1. The van der Waals surface area contributed by atoms with E-state index in [1.807, 2.05) is 30.2 Å². The second-order valence-corrected chi connectivity index (χ2v) is 10.6. The molecule has 0 saturated carbocycles. The minimum atomic E-state index is -0.476. The van der Waals surface area contributed by atoms with Crippen LogP contribution in [0.4, 0.5) is 4.79 Å². The smallest absolute Gasteiger partial charge is 0.410 e. The number of hydrogen-bond donors (Lipinski definition) is 0. The molecule has 8 heteroatoms. The summed E-state index contributed by atoms with van der Waals surface area (Å²) < 4.78 is 7.46. The van der Waals surface area contributed by atoms with Gasteiger partial charge in [-0.3, -0.25) is 4.79 Å². The van der Waals surface area contributed by atoms with Crippen LogP contribution in [-0.4, -0.2) is 63.1 Å². The molecule has 0 unspecified atom stereocenters. The van der Waals surface area contributed by atoms with Gasteiger partial charge in [0.05, 0.1) is 5.69 Å². The number of halogens is 1. The van der Waals surface area contributed by atoms with Gasteiger partial charge in [-0.2, -0.15) is 0 Å². The molecule has 34 heavy (non-hydrogen) atoms. The Morgan fingerprint density at radius 2 is 1.79 bits per heavy atom. The number of carbonyl (C=O) groups is 2. The molecule has 184 valence electrons. The first kappa shape index (κ1) is 24.6. The van der Waals surface area contributed by atoms with Crippen LogP contribution in [0.1, 0.15) is 75.5 Å². The van der Waals surface area contributed by atoms with Crippen molar-refractivity contribution in [3.63, 3.8) is 0 Å². The number of nitrogens with zero attached hydrogens (tertiary/aromatic N) is 4. The van der Waals surface area contributed by atoms with Crippen molar-refractivity contribution < 1.29 is 14.3 Å². The standard InChI is InChI=1S/C26H35ClN4O3/c1-5-6-13-29-16-17-31-21(22(27)28-23(31)24(29)32)20-9-7-18(8-10-20)19-11-14-30(15-12-19)25(33)34-26(2,3)4/h7-10,19H,5-6,11-17H2,1-4H3. The number of unbranched alkanes of at least 4 members (excludes halogenated alkanes) is 1. The number of carbonyl (C=O) groups excluding carboxylic acids is 2. The van der Waals surface area contributed by atoms with Crippen LogP contribution in [0, 0.1) is 0 Å². The average molecular weight is 487 g/mol. The normalized spacial score (nSPS) is 17.1. The van der Waals surface area contributed by atoms with Gasteiger partial charge in [0.1, 0.15) is 5.60 Å². The zero-order chi connectivity index (χ0) is 24.5. The molecule has 0 radical (unpaired) electrons. The van der Waals surface area contributed by atoms with Gasteiger partial charge in [-0.1, -0.05) is 49.2 Å². The number of likely N-dealkylation sites (tertiary alicyclic amines) is 1. The summed E-state index contributed by atoms with van der Waals surface area (Å²) in [6, 6.07) is 8.41. The second-order valence-electron chi connectivity index (χ2n) is 10.2. The van der Waals surface area contributed by atoms with E-state index in [4.69, 9.17) is 16.3 Å². The average Bonchev–Trinajstić information content (AvgIpc) is 3.14. The number of hydrogen-bond acceptors (Lipinski definition) is 4. The Hall–Kier alpha value is -2.54. The number of ether oxygens (including phenoxy) is 1. The summed E-state index contributed by atoms with van der Waals surface area (Å²) >= 11 is 6.52. The number of benzene rings is 1. The Labute approximate surface area is 207 Å². The number of imidazole rings is 1. The van der Waals surface area contributed by atoms with Crippen LogP contribution in [0.15, 0.2) is 24.3 Å². The van der Waals surface area contributed by atoms with Gasteiger partial charge < -0.3 is 19.1 Å². The van der Waals surface area contributed by atoms with Crippen LogP contribution >= 0.6 is 11.6 Å². The highest BCUT2D eigenvalue weighted by molar-refractivity contribution is 6.32. The summed E-state index contributed by atoms with van der Waals surface area (Å²) in [4.78, 5) is 33.3. The lowest BCUT2D eigenvalue weighted by Crippen LogP contribution is -2.41. The fraction of sp³-hybridized carbons (Fsp3) is 0.577. The molecular weight excluding hydrogens is 452 g/mol. The molecule has 1 aromatic heterocycles. The Morgan fingerprint density at radius 1 is 1.12 bits per heavy atom. The predicted molar refractivity (Wildman–Crippen MR) is 133 cm³/mol. The van der Waals surface area contributed by atoms with Gasteiger partial charge in [-0.25, -0.2) is 9.78 Å². The third-order valence-corrected chi connectivity index (χ3v) is 6.84. The topological polar surface area (TPSA) is 67.7 Å². The van der Waals surface area contributed by atoms with Crippen molar-refractivity contribution in [2.24, 2.45) is 0 Å². The third-order valence-electron chi connectivity index (χ3n) is 6.58. The van der Waals surface area contributed by atoms with Crippen LogP contribution < -0.4 is 0 Å². The van der Waals surface area contributed by atoms with Gasteiger partial charge in [0, 0.05) is 38.3 Å². The van der Waals surface area contributed by atoms with Gasteiger partial charge in [0.25, 0.3) is 5.91 Å². The lowest BCUT2D eigenvalue weighted by atomic mass is 9.89. The maximum atomic E-state index is 12.9. The van der Waals surface area contributed by atoms with Crippen LogP contribution in [0.3, 0.4) is 0 Å². The third kappa shape index (κ3) is 5.24. The number of fused-ring (bicyclic) bond motifs is 1. The van der Waals surface area contributed by atoms with E-state index in [-0.39, 0.29) is 12.0 Å². The van der Waals surface area contributed by atoms with Gasteiger partial charge in [-0.05, 0) is 51.5 Å². The quantitative estimate of drug-likeness (QED) is 0.553. The Kier molecular flexibility index (Phi) is 7.22. The minimum absolute atomic E-state index is 0.0405. The van der Waals surface area contributed by atoms with Gasteiger partial charge >= 0.3 is 6.09 Å². The summed E-state index contributed by atoms with van der Waals surface area (Å²) in [5, 5.41) is 0.374. The molecule has 1 saturated heterocycles. The summed E-state index contributed by atoms with van der Waals surface area (Å²) in [6.45, 7) is 11.3. The SMILES string of the molecule is CCCCN1CCn2c(nc(Cl)c2-c2ccc(C3CCN(C(=O)OC(C)(C)C)CC3)cc2)C1=O. The molecule has 0 bridgehead atoms. The van der Waals surface area contributed by atoms with Crippen molar-refractivity contribution in [2.45, 2.75) is 71.4 Å². The van der Waals surface area contributed by atoms with E-state index in [1.165, 1.54) is 5.56 Å². The first-order valence-electron chi connectivity index (χ1n) is 12.3. The van der Waals surface area contributed by atoms with E-state index in [1.54, 1.807) is 4.90 Å². The number of amides is 2. The number of rotatable bonds is 5. The lowest BCUT2D eigenvalue weighted by molar-refractivity contribution is 0.0204. The molecule has 0 atom stereocenters. The van der Waals surface area contributed by atoms with Crippen molar-refractivity contribution in [3.8, 4) is 11.3 Å². The van der Waals surface area contributed by atoms with E-state index in [2.05, 4.69) is 36.2 Å². The molecule has 0 N–H and O–H groups in total. The van der Waals surface area contributed by atoms with Crippen molar-refractivity contribution in [2.75, 3.05) is 26.2 Å². The molecule has 1 aromatic carbocycles. The lowest BCUT2D eigenvalue weighted by Gasteiger charge is -2.33. The summed E-state index contributed by atoms with van der Waals surface area (Å²) in [5.41, 5.74) is 2.56. The first-order valence-corrected chi connectivity index (χ1v) is 12.7. The molecule has 2 aliphatic heterocycles. The molecule has 2 aliphatic rings. The fourth-order valence-corrected chi connectivity index (χ4v) is 5.03. The molecule has 7 nitrogen and oxygen atoms in total. The zero-order valence-electron chi connectivity index (χ0n) is 20.6. The summed E-state index contributed by atoms with van der Waals surface area (Å²) in [6.07, 6.45) is 3.62. The highest BCUT2D eigenvalue weighted by Gasteiger charge is 2.31. The highest BCUT2D eigenvalue weighted by atomic mass is 35.5. The molecule has 1 fully saturated rings. The largest absolute Gasteiger partial charge is 0.444 e. The zero-order valence-corrected chi connectivity index (χ0v) is 21.4. The Morgan fingerprint density at radius 3 is 2.41 bits per heavy atom. The monoisotopic (exact) mass is 486 g/mol. The van der Waals surface area contributed by atoms with Crippen molar-refractivity contribution >= 4 is 23.6 Å². The van der Waals surface area contributed by atoms with Gasteiger partial charge in [0.15, 0.2) is 5.15 Å². The second kappa shape index (κ2) is 9.98. The molecular formula is C26H35ClN4O3. The van der Waals surface area contributed by atoms with Crippen LogP contribution in [-0.2, 0) is 11.3 Å². The predicted octanol–water partition coefficient (Wildman–Crippen LogP) is 5.57. The van der Waals surface area contributed by atoms with Crippen molar-refractivity contribution in [3.05, 3.63) is 40.8 Å². The summed E-state index contributed by atoms with van der Waals surface area (Å²) in [5.74, 6) is 0.790. The number of aromatic nitrogens is 2. The van der Waals surface area contributed by atoms with E-state index < -0.39 is 5.60 Å². The van der Waals surface area contributed by atoms with Crippen molar-refractivity contribution in [1.29, 1.82) is 0 Å². The Balaban J connectivity index is 1.44. The summed E-state index contributed by atoms with van der Waals surface area (Å²) in [7, 11) is 0. The van der Waals surface area contributed by atoms with E-state index in [0.717, 1.165) is 43.5 Å². The maximum Gasteiger partial charge on any atom is 0.410 e. The fourth-order valence-electron chi connectivity index (χ4n) is 4.74. The van der Waals surface area contributed by atoms with E-state index >= 15 is 0 Å². The van der Waals surface area contributed by atoms with Crippen LogP contribution in [0.5, 0.6) is 0 Å². The minimum Gasteiger partial charge on any atom is -0.444 e.